The summed E-state index contributed by atoms with van der Waals surface area (Å²) < 4.78 is 11.2. The van der Waals surface area contributed by atoms with Crippen molar-refractivity contribution in [2.24, 2.45) is 5.92 Å². The first-order valence-electron chi connectivity index (χ1n) is 9.75. The summed E-state index contributed by atoms with van der Waals surface area (Å²) in [5, 5.41) is 13.6. The van der Waals surface area contributed by atoms with Crippen LogP contribution in [0.4, 0.5) is 6.01 Å². The fraction of sp³-hybridized carbons (Fsp3) is 0.381. The van der Waals surface area contributed by atoms with Crippen LogP contribution in [0.25, 0.3) is 11.1 Å². The van der Waals surface area contributed by atoms with E-state index in [2.05, 4.69) is 15.3 Å². The molecule has 2 N–H and O–H groups in total. The number of benzene rings is 1. The molecule has 30 heavy (non-hydrogen) atoms. The maximum atomic E-state index is 13.0. The number of hydrogen-bond donors (Lipinski definition) is 2. The molecule has 1 aliphatic rings. The summed E-state index contributed by atoms with van der Waals surface area (Å²) in [4.78, 5) is 23.4. The first kappa shape index (κ1) is 20.4. The van der Waals surface area contributed by atoms with Gasteiger partial charge in [-0.05, 0) is 36.6 Å². The second-order valence-corrected chi connectivity index (χ2v) is 7.89. The molecule has 8 nitrogen and oxygen atoms in total. The van der Waals surface area contributed by atoms with Crippen LogP contribution in [0, 0.1) is 5.92 Å². The van der Waals surface area contributed by atoms with Crippen LogP contribution in [0.5, 0.6) is 5.75 Å². The lowest BCUT2D eigenvalue weighted by molar-refractivity contribution is 0.0297. The number of fused-ring (bicyclic) bond motifs is 1. The molecule has 1 fully saturated rings. The van der Waals surface area contributed by atoms with Gasteiger partial charge in [-0.25, -0.2) is 0 Å². The SMILES string of the molecule is COc1cc(C(=O)N2CCC(O)C(C)C2)cc2nc(NCc3cc(Cl)ccn3)oc12. The predicted octanol–water partition coefficient (Wildman–Crippen LogP) is 3.34. The molecule has 2 unspecified atom stereocenters. The van der Waals surface area contributed by atoms with Crippen molar-refractivity contribution in [2.75, 3.05) is 25.5 Å². The maximum absolute atomic E-state index is 13.0. The van der Waals surface area contributed by atoms with Crippen LogP contribution < -0.4 is 10.1 Å². The predicted molar refractivity (Wildman–Crippen MR) is 113 cm³/mol. The number of rotatable bonds is 5. The number of piperidine rings is 1. The van der Waals surface area contributed by atoms with E-state index in [9.17, 15) is 9.90 Å². The summed E-state index contributed by atoms with van der Waals surface area (Å²) in [5.74, 6) is 0.355. The lowest BCUT2D eigenvalue weighted by atomic mass is 9.96. The number of likely N-dealkylation sites (tertiary alicyclic amines) is 1. The van der Waals surface area contributed by atoms with E-state index in [-0.39, 0.29) is 17.9 Å². The highest BCUT2D eigenvalue weighted by Crippen LogP contribution is 2.31. The Morgan fingerprint density at radius 2 is 2.27 bits per heavy atom. The summed E-state index contributed by atoms with van der Waals surface area (Å²) in [5.41, 5.74) is 2.19. The zero-order chi connectivity index (χ0) is 21.3. The van der Waals surface area contributed by atoms with E-state index in [0.717, 1.165) is 5.69 Å². The average molecular weight is 431 g/mol. The second-order valence-electron chi connectivity index (χ2n) is 7.45. The molecule has 3 aromatic rings. The molecule has 0 saturated carbocycles. The molecule has 1 amide bonds. The number of carbonyl (C=O) groups is 1. The number of aromatic nitrogens is 2. The Labute approximate surface area is 178 Å². The number of methoxy groups -OCH3 is 1. The second kappa shape index (κ2) is 8.49. The standard InChI is InChI=1S/C21H23ClN4O4/c1-12-11-26(6-4-17(12)27)20(28)13-7-16-19(18(8-13)29-2)30-21(25-16)24-10-15-9-14(22)3-5-23-15/h3,5,7-9,12,17,27H,4,6,10-11H2,1-2H3,(H,24,25). The van der Waals surface area contributed by atoms with E-state index in [1.54, 1.807) is 35.4 Å². The molecule has 2 aromatic heterocycles. The number of nitrogens with zero attached hydrogens (tertiary/aromatic N) is 3. The molecular formula is C21H23ClN4O4. The number of pyridine rings is 1. The van der Waals surface area contributed by atoms with E-state index in [1.165, 1.54) is 7.11 Å². The van der Waals surface area contributed by atoms with Gasteiger partial charge in [0, 0.05) is 29.9 Å². The van der Waals surface area contributed by atoms with Crippen molar-refractivity contribution in [3.8, 4) is 5.75 Å². The Bertz CT molecular complexity index is 1070. The van der Waals surface area contributed by atoms with Gasteiger partial charge in [0.2, 0.25) is 0 Å². The number of ether oxygens (including phenoxy) is 1. The topological polar surface area (TPSA) is 101 Å². The number of amides is 1. The molecule has 1 aromatic carbocycles. The van der Waals surface area contributed by atoms with Crippen LogP contribution in [-0.4, -0.2) is 52.2 Å². The smallest absolute Gasteiger partial charge is 0.296 e. The van der Waals surface area contributed by atoms with E-state index >= 15 is 0 Å². The number of aliphatic hydroxyl groups excluding tert-OH is 1. The van der Waals surface area contributed by atoms with Crippen LogP contribution in [0.2, 0.25) is 5.02 Å². The Kier molecular flexibility index (Phi) is 5.78. The van der Waals surface area contributed by atoms with Crippen molar-refractivity contribution < 1.29 is 19.1 Å². The zero-order valence-corrected chi connectivity index (χ0v) is 17.5. The van der Waals surface area contributed by atoms with Crippen LogP contribution in [0.1, 0.15) is 29.4 Å². The Hall–Kier alpha value is -2.84. The first-order valence-corrected chi connectivity index (χ1v) is 10.1. The fourth-order valence-electron chi connectivity index (χ4n) is 3.56. The van der Waals surface area contributed by atoms with Crippen LogP contribution in [0.3, 0.4) is 0 Å². The molecule has 158 valence electrons. The Morgan fingerprint density at radius 3 is 3.00 bits per heavy atom. The molecule has 1 saturated heterocycles. The summed E-state index contributed by atoms with van der Waals surface area (Å²) in [6, 6.07) is 7.11. The van der Waals surface area contributed by atoms with Crippen molar-refractivity contribution in [1.29, 1.82) is 0 Å². The highest BCUT2D eigenvalue weighted by atomic mass is 35.5. The van der Waals surface area contributed by atoms with Crippen molar-refractivity contribution in [3.63, 3.8) is 0 Å². The molecule has 4 rings (SSSR count). The Balaban J connectivity index is 1.56. The number of oxazole rings is 1. The number of halogens is 1. The van der Waals surface area contributed by atoms with Gasteiger partial charge < -0.3 is 24.5 Å². The van der Waals surface area contributed by atoms with Gasteiger partial charge in [0.25, 0.3) is 11.9 Å². The fourth-order valence-corrected chi connectivity index (χ4v) is 3.75. The van der Waals surface area contributed by atoms with Crippen LogP contribution in [-0.2, 0) is 6.54 Å². The van der Waals surface area contributed by atoms with E-state index in [4.69, 9.17) is 20.8 Å². The van der Waals surface area contributed by atoms with Gasteiger partial charge in [-0.3, -0.25) is 9.78 Å². The minimum absolute atomic E-state index is 0.0382. The third kappa shape index (κ3) is 4.20. The minimum Gasteiger partial charge on any atom is -0.493 e. The summed E-state index contributed by atoms with van der Waals surface area (Å²) in [6.45, 7) is 3.36. The van der Waals surface area contributed by atoms with Crippen molar-refractivity contribution in [2.45, 2.75) is 26.0 Å². The van der Waals surface area contributed by atoms with Gasteiger partial charge in [0.1, 0.15) is 5.52 Å². The molecular weight excluding hydrogens is 408 g/mol. The van der Waals surface area contributed by atoms with Gasteiger partial charge in [-0.1, -0.05) is 18.5 Å². The van der Waals surface area contributed by atoms with Gasteiger partial charge in [0.05, 0.1) is 25.5 Å². The van der Waals surface area contributed by atoms with E-state index in [0.29, 0.717) is 59.5 Å². The van der Waals surface area contributed by atoms with Crippen LogP contribution in [0.15, 0.2) is 34.9 Å². The molecule has 0 spiro atoms. The largest absolute Gasteiger partial charge is 0.493 e. The number of anilines is 1. The normalized spacial score (nSPS) is 19.1. The van der Waals surface area contributed by atoms with E-state index in [1.807, 2.05) is 6.92 Å². The molecule has 2 atom stereocenters. The van der Waals surface area contributed by atoms with Gasteiger partial charge in [-0.15, -0.1) is 0 Å². The molecule has 1 aliphatic heterocycles. The number of carbonyl (C=O) groups excluding carboxylic acids is 1. The van der Waals surface area contributed by atoms with Gasteiger partial charge in [0.15, 0.2) is 11.3 Å². The summed E-state index contributed by atoms with van der Waals surface area (Å²) in [7, 11) is 1.52. The third-order valence-electron chi connectivity index (χ3n) is 5.27. The van der Waals surface area contributed by atoms with Crippen molar-refractivity contribution in [1.82, 2.24) is 14.9 Å². The quantitative estimate of drug-likeness (QED) is 0.640. The van der Waals surface area contributed by atoms with E-state index < -0.39 is 0 Å². The molecule has 3 heterocycles. The number of nitrogens with one attached hydrogen (secondary N) is 1. The highest BCUT2D eigenvalue weighted by molar-refractivity contribution is 6.30. The summed E-state index contributed by atoms with van der Waals surface area (Å²) in [6.07, 6.45) is 1.83. The third-order valence-corrected chi connectivity index (χ3v) is 5.50. The lowest BCUT2D eigenvalue weighted by Crippen LogP contribution is -2.44. The molecule has 0 bridgehead atoms. The van der Waals surface area contributed by atoms with Crippen molar-refractivity contribution >= 4 is 34.6 Å². The van der Waals surface area contributed by atoms with Gasteiger partial charge in [-0.2, -0.15) is 4.98 Å². The minimum atomic E-state index is -0.371. The van der Waals surface area contributed by atoms with Crippen LogP contribution >= 0.6 is 11.6 Å². The van der Waals surface area contributed by atoms with Crippen molar-refractivity contribution in [3.05, 3.63) is 46.7 Å². The average Bonchev–Trinajstić information content (AvgIpc) is 3.16. The maximum Gasteiger partial charge on any atom is 0.296 e. The first-order chi connectivity index (χ1) is 14.4. The zero-order valence-electron chi connectivity index (χ0n) is 16.8. The highest BCUT2D eigenvalue weighted by Gasteiger charge is 2.28. The monoisotopic (exact) mass is 430 g/mol. The number of aliphatic hydroxyl groups is 1. The Morgan fingerprint density at radius 1 is 1.43 bits per heavy atom. The van der Waals surface area contributed by atoms with Gasteiger partial charge >= 0.3 is 0 Å². The number of hydrogen-bond acceptors (Lipinski definition) is 7. The lowest BCUT2D eigenvalue weighted by Gasteiger charge is -2.34. The molecule has 9 heteroatoms. The molecule has 0 aliphatic carbocycles. The summed E-state index contributed by atoms with van der Waals surface area (Å²) >= 11 is 5.99. The molecule has 0 radical (unpaired) electrons.